The number of anilines is 1. The number of ether oxygens (including phenoxy) is 1. The number of aryl methyl sites for hydroxylation is 1. The quantitative estimate of drug-likeness (QED) is 0.697. The van der Waals surface area contributed by atoms with Crippen molar-refractivity contribution in [2.75, 3.05) is 18.5 Å². The maximum absolute atomic E-state index is 5.73. The van der Waals surface area contributed by atoms with Gasteiger partial charge in [0.15, 0.2) is 0 Å². The molecule has 20 heavy (non-hydrogen) atoms. The first-order valence-corrected chi connectivity index (χ1v) is 6.70. The minimum absolute atomic E-state index is 0.599. The van der Waals surface area contributed by atoms with Crippen molar-refractivity contribution in [3.8, 4) is 5.75 Å². The Morgan fingerprint density at radius 1 is 1.10 bits per heavy atom. The lowest BCUT2D eigenvalue weighted by Crippen LogP contribution is -2.12. The van der Waals surface area contributed by atoms with E-state index in [1.54, 1.807) is 0 Å². The number of fused-ring (bicyclic) bond motifs is 1. The van der Waals surface area contributed by atoms with Crippen molar-refractivity contribution < 1.29 is 4.74 Å². The average Bonchev–Trinajstić information content (AvgIpc) is 2.88. The lowest BCUT2D eigenvalue weighted by atomic mass is 10.2. The summed E-state index contributed by atoms with van der Waals surface area (Å²) in [4.78, 5) is 7.68. The van der Waals surface area contributed by atoms with E-state index in [0.29, 0.717) is 13.2 Å². The van der Waals surface area contributed by atoms with Gasteiger partial charge in [-0.05, 0) is 30.7 Å². The van der Waals surface area contributed by atoms with E-state index >= 15 is 0 Å². The fourth-order valence-corrected chi connectivity index (χ4v) is 2.09. The Balaban J connectivity index is 1.54. The number of H-pyrrole nitrogens is 1. The predicted octanol–water partition coefficient (Wildman–Crippen LogP) is 3.36. The Hall–Kier alpha value is -2.49. The van der Waals surface area contributed by atoms with Gasteiger partial charge in [-0.25, -0.2) is 4.98 Å². The van der Waals surface area contributed by atoms with Crippen LogP contribution in [-0.4, -0.2) is 23.1 Å². The number of imidazole rings is 1. The first kappa shape index (κ1) is 12.5. The zero-order valence-corrected chi connectivity index (χ0v) is 11.4. The van der Waals surface area contributed by atoms with Gasteiger partial charge in [-0.15, -0.1) is 0 Å². The third-order valence-electron chi connectivity index (χ3n) is 3.14. The number of hydrogen-bond donors (Lipinski definition) is 2. The van der Waals surface area contributed by atoms with Gasteiger partial charge < -0.3 is 15.0 Å². The summed E-state index contributed by atoms with van der Waals surface area (Å²) >= 11 is 0. The Morgan fingerprint density at radius 3 is 2.75 bits per heavy atom. The molecule has 0 fully saturated rings. The van der Waals surface area contributed by atoms with Crippen molar-refractivity contribution in [3.05, 3.63) is 54.1 Å². The monoisotopic (exact) mass is 267 g/mol. The van der Waals surface area contributed by atoms with Crippen LogP contribution in [0.1, 0.15) is 5.56 Å². The van der Waals surface area contributed by atoms with Crippen molar-refractivity contribution in [2.24, 2.45) is 0 Å². The molecule has 0 saturated heterocycles. The molecule has 0 bridgehead atoms. The van der Waals surface area contributed by atoms with Crippen LogP contribution in [0.4, 0.5) is 5.95 Å². The fraction of sp³-hybridized carbons (Fsp3) is 0.188. The molecule has 0 saturated carbocycles. The number of benzene rings is 2. The minimum atomic E-state index is 0.599. The normalized spacial score (nSPS) is 10.7. The van der Waals surface area contributed by atoms with E-state index in [4.69, 9.17) is 4.74 Å². The largest absolute Gasteiger partial charge is 0.491 e. The molecule has 0 spiro atoms. The molecular weight excluding hydrogens is 250 g/mol. The van der Waals surface area contributed by atoms with Gasteiger partial charge in [-0.3, -0.25) is 0 Å². The molecule has 0 radical (unpaired) electrons. The smallest absolute Gasteiger partial charge is 0.201 e. The van der Waals surface area contributed by atoms with Crippen LogP contribution in [0.2, 0.25) is 0 Å². The molecule has 0 aliphatic heterocycles. The topological polar surface area (TPSA) is 49.9 Å². The fourth-order valence-electron chi connectivity index (χ4n) is 2.09. The van der Waals surface area contributed by atoms with Crippen molar-refractivity contribution in [1.29, 1.82) is 0 Å². The first-order valence-electron chi connectivity index (χ1n) is 6.70. The molecule has 4 nitrogen and oxygen atoms in total. The summed E-state index contributed by atoms with van der Waals surface area (Å²) in [5.74, 6) is 1.71. The highest BCUT2D eigenvalue weighted by Crippen LogP contribution is 2.16. The van der Waals surface area contributed by atoms with Gasteiger partial charge in [-0.1, -0.05) is 30.3 Å². The Labute approximate surface area is 117 Å². The van der Waals surface area contributed by atoms with Crippen LogP contribution in [0.15, 0.2) is 48.5 Å². The molecule has 0 aliphatic rings. The van der Waals surface area contributed by atoms with E-state index in [-0.39, 0.29) is 0 Å². The standard InChI is InChI=1S/C16H17N3O/c1-12-6-2-5-9-15(12)20-11-10-17-16-18-13-7-3-4-8-14(13)19-16/h2-9H,10-11H2,1H3,(H2,17,18,19). The summed E-state index contributed by atoms with van der Waals surface area (Å²) in [7, 11) is 0. The van der Waals surface area contributed by atoms with Crippen LogP contribution in [0.25, 0.3) is 11.0 Å². The second-order valence-corrected chi connectivity index (χ2v) is 4.64. The molecule has 4 heteroatoms. The lowest BCUT2D eigenvalue weighted by Gasteiger charge is -2.08. The van der Waals surface area contributed by atoms with Gasteiger partial charge in [0.1, 0.15) is 12.4 Å². The summed E-state index contributed by atoms with van der Waals surface area (Å²) in [5.41, 5.74) is 3.15. The summed E-state index contributed by atoms with van der Waals surface area (Å²) in [5, 5.41) is 3.23. The van der Waals surface area contributed by atoms with Crippen molar-refractivity contribution >= 4 is 17.0 Å². The number of nitrogens with one attached hydrogen (secondary N) is 2. The van der Waals surface area contributed by atoms with Crippen molar-refractivity contribution in [1.82, 2.24) is 9.97 Å². The molecule has 1 heterocycles. The van der Waals surface area contributed by atoms with Gasteiger partial charge >= 0.3 is 0 Å². The van der Waals surface area contributed by atoms with E-state index < -0.39 is 0 Å². The number of nitrogens with zero attached hydrogens (tertiary/aromatic N) is 1. The van der Waals surface area contributed by atoms with Crippen LogP contribution < -0.4 is 10.1 Å². The van der Waals surface area contributed by atoms with Crippen molar-refractivity contribution in [2.45, 2.75) is 6.92 Å². The summed E-state index contributed by atoms with van der Waals surface area (Å²) in [6, 6.07) is 16.0. The first-order chi connectivity index (χ1) is 9.83. The van der Waals surface area contributed by atoms with E-state index in [1.807, 2.05) is 55.5 Å². The zero-order valence-electron chi connectivity index (χ0n) is 11.4. The molecule has 3 rings (SSSR count). The average molecular weight is 267 g/mol. The number of para-hydroxylation sites is 3. The SMILES string of the molecule is Cc1ccccc1OCCNc1nc2ccccc2[nH]1. The maximum atomic E-state index is 5.73. The molecule has 2 N–H and O–H groups in total. The summed E-state index contributed by atoms with van der Waals surface area (Å²) < 4.78 is 5.73. The van der Waals surface area contributed by atoms with Gasteiger partial charge in [-0.2, -0.15) is 0 Å². The third kappa shape index (κ3) is 2.74. The van der Waals surface area contributed by atoms with Gasteiger partial charge in [0, 0.05) is 0 Å². The molecule has 102 valence electrons. The molecule has 0 aliphatic carbocycles. The molecule has 0 atom stereocenters. The Bertz CT molecular complexity index is 673. The molecule has 3 aromatic rings. The minimum Gasteiger partial charge on any atom is -0.491 e. The predicted molar refractivity (Wildman–Crippen MR) is 81.3 cm³/mol. The summed E-state index contributed by atoms with van der Waals surface area (Å²) in [6.07, 6.45) is 0. The number of aromatic nitrogens is 2. The van der Waals surface area contributed by atoms with Crippen LogP contribution in [-0.2, 0) is 0 Å². The molecule has 0 amide bonds. The van der Waals surface area contributed by atoms with Crippen LogP contribution in [0.5, 0.6) is 5.75 Å². The number of aromatic amines is 1. The second-order valence-electron chi connectivity index (χ2n) is 4.64. The van der Waals surface area contributed by atoms with E-state index in [2.05, 4.69) is 15.3 Å². The Kier molecular flexibility index (Phi) is 3.54. The van der Waals surface area contributed by atoms with Gasteiger partial charge in [0.05, 0.1) is 17.6 Å². The Morgan fingerprint density at radius 2 is 1.90 bits per heavy atom. The highest BCUT2D eigenvalue weighted by molar-refractivity contribution is 5.77. The zero-order chi connectivity index (χ0) is 13.8. The molecule has 1 aromatic heterocycles. The van der Waals surface area contributed by atoms with E-state index in [1.165, 1.54) is 0 Å². The highest BCUT2D eigenvalue weighted by Gasteiger charge is 2.01. The third-order valence-corrected chi connectivity index (χ3v) is 3.14. The van der Waals surface area contributed by atoms with Crippen molar-refractivity contribution in [3.63, 3.8) is 0 Å². The lowest BCUT2D eigenvalue weighted by molar-refractivity contribution is 0.330. The van der Waals surface area contributed by atoms with Gasteiger partial charge in [0.2, 0.25) is 5.95 Å². The highest BCUT2D eigenvalue weighted by atomic mass is 16.5. The van der Waals surface area contributed by atoms with Crippen LogP contribution in [0.3, 0.4) is 0 Å². The van der Waals surface area contributed by atoms with Gasteiger partial charge in [0.25, 0.3) is 0 Å². The molecule has 0 unspecified atom stereocenters. The number of rotatable bonds is 5. The van der Waals surface area contributed by atoms with E-state index in [9.17, 15) is 0 Å². The number of hydrogen-bond acceptors (Lipinski definition) is 3. The molecular formula is C16H17N3O. The second kappa shape index (κ2) is 5.65. The maximum Gasteiger partial charge on any atom is 0.201 e. The molecule has 2 aromatic carbocycles. The van der Waals surface area contributed by atoms with E-state index in [0.717, 1.165) is 28.3 Å². The van der Waals surface area contributed by atoms with Crippen LogP contribution in [0, 0.1) is 6.92 Å². The summed E-state index contributed by atoms with van der Waals surface area (Å²) in [6.45, 7) is 3.35. The van der Waals surface area contributed by atoms with Crippen LogP contribution >= 0.6 is 0 Å².